The van der Waals surface area contributed by atoms with E-state index in [4.69, 9.17) is 4.74 Å². The first-order valence-electron chi connectivity index (χ1n) is 7.81. The first-order valence-corrected chi connectivity index (χ1v) is 8.60. The lowest BCUT2D eigenvalue weighted by Crippen LogP contribution is -2.49. The number of benzene rings is 1. The first-order chi connectivity index (χ1) is 10.7. The van der Waals surface area contributed by atoms with Gasteiger partial charge in [0, 0.05) is 23.2 Å². The Hall–Kier alpha value is -1.56. The second kappa shape index (κ2) is 5.51. The average molecular weight is 381 g/mol. The minimum absolute atomic E-state index is 0.0365. The van der Waals surface area contributed by atoms with Crippen LogP contribution in [0.25, 0.3) is 0 Å². The van der Waals surface area contributed by atoms with Crippen molar-refractivity contribution < 1.29 is 14.3 Å². The number of piperidine rings is 1. The fourth-order valence-electron chi connectivity index (χ4n) is 3.28. The molecule has 2 amide bonds. The normalized spacial score (nSPS) is 19.5. The summed E-state index contributed by atoms with van der Waals surface area (Å²) in [7, 11) is 0. The molecule has 124 valence electrons. The van der Waals surface area contributed by atoms with E-state index in [9.17, 15) is 9.59 Å². The number of hydrogen-bond donors (Lipinski definition) is 1. The number of fused-ring (bicyclic) bond motifs is 2. The number of carbonyl (C=O) groups excluding carboxylic acids is 2. The third-order valence-electron chi connectivity index (χ3n) is 4.45. The largest absolute Gasteiger partial charge is 0.444 e. The van der Waals surface area contributed by atoms with E-state index in [1.165, 1.54) is 0 Å². The molecular formula is C17H21BrN2O3. The number of halogens is 1. The zero-order chi connectivity index (χ0) is 16.8. The van der Waals surface area contributed by atoms with Crippen molar-refractivity contribution in [3.63, 3.8) is 0 Å². The molecule has 2 aliphatic rings. The molecule has 6 heteroatoms. The van der Waals surface area contributed by atoms with Gasteiger partial charge in [0.25, 0.3) is 0 Å². The maximum atomic E-state index is 12.6. The molecule has 2 heterocycles. The van der Waals surface area contributed by atoms with Gasteiger partial charge in [-0.1, -0.05) is 15.9 Å². The maximum Gasteiger partial charge on any atom is 0.410 e. The van der Waals surface area contributed by atoms with E-state index in [1.54, 1.807) is 4.90 Å². The Balaban J connectivity index is 1.78. The van der Waals surface area contributed by atoms with E-state index in [0.717, 1.165) is 15.7 Å². The van der Waals surface area contributed by atoms with Gasteiger partial charge in [-0.15, -0.1) is 0 Å². The Kier molecular flexibility index (Phi) is 3.91. The van der Waals surface area contributed by atoms with Gasteiger partial charge in [-0.2, -0.15) is 0 Å². The Labute approximate surface area is 144 Å². The SMILES string of the molecule is CC(C)(C)OC(=O)N1CCC2(CC1)C(=O)Nc1ccc(Br)cc12. The van der Waals surface area contributed by atoms with Crippen LogP contribution in [0, 0.1) is 0 Å². The fourth-order valence-corrected chi connectivity index (χ4v) is 3.64. The Morgan fingerprint density at radius 1 is 1.30 bits per heavy atom. The van der Waals surface area contributed by atoms with Crippen molar-refractivity contribution in [2.24, 2.45) is 0 Å². The van der Waals surface area contributed by atoms with Crippen molar-refractivity contribution in [3.05, 3.63) is 28.2 Å². The van der Waals surface area contributed by atoms with Gasteiger partial charge in [-0.3, -0.25) is 4.79 Å². The van der Waals surface area contributed by atoms with Gasteiger partial charge in [0.1, 0.15) is 5.60 Å². The molecule has 0 saturated carbocycles. The van der Waals surface area contributed by atoms with Crippen molar-refractivity contribution in [3.8, 4) is 0 Å². The molecule has 0 aromatic heterocycles. The Bertz CT molecular complexity index is 658. The molecule has 23 heavy (non-hydrogen) atoms. The predicted molar refractivity (Wildman–Crippen MR) is 91.5 cm³/mol. The summed E-state index contributed by atoms with van der Waals surface area (Å²) < 4.78 is 6.38. The Morgan fingerprint density at radius 2 is 1.96 bits per heavy atom. The molecule has 0 atom stereocenters. The second-order valence-corrected chi connectivity index (χ2v) is 8.11. The summed E-state index contributed by atoms with van der Waals surface area (Å²) in [4.78, 5) is 26.5. The monoisotopic (exact) mass is 380 g/mol. The van der Waals surface area contributed by atoms with E-state index in [0.29, 0.717) is 25.9 Å². The summed E-state index contributed by atoms with van der Waals surface area (Å²) in [6.07, 6.45) is 0.920. The molecule has 0 radical (unpaired) electrons. The number of nitrogens with zero attached hydrogens (tertiary/aromatic N) is 1. The van der Waals surface area contributed by atoms with E-state index < -0.39 is 11.0 Å². The summed E-state index contributed by atoms with van der Waals surface area (Å²) in [5, 5.41) is 2.97. The molecule has 5 nitrogen and oxygen atoms in total. The van der Waals surface area contributed by atoms with E-state index in [-0.39, 0.29) is 12.0 Å². The number of ether oxygens (including phenoxy) is 1. The highest BCUT2D eigenvalue weighted by atomic mass is 79.9. The van der Waals surface area contributed by atoms with Crippen LogP contribution in [0.1, 0.15) is 39.2 Å². The summed E-state index contributed by atoms with van der Waals surface area (Å²) in [6, 6.07) is 5.86. The van der Waals surface area contributed by atoms with Crippen LogP contribution in [-0.4, -0.2) is 35.6 Å². The molecule has 1 fully saturated rings. The first kappa shape index (κ1) is 16.3. The molecule has 1 aromatic carbocycles. The lowest BCUT2D eigenvalue weighted by atomic mass is 9.74. The number of carbonyl (C=O) groups is 2. The van der Waals surface area contributed by atoms with Crippen LogP contribution < -0.4 is 5.32 Å². The number of amides is 2. The van der Waals surface area contributed by atoms with Crippen LogP contribution in [0.15, 0.2) is 22.7 Å². The van der Waals surface area contributed by atoms with Gasteiger partial charge in [-0.05, 0) is 57.4 Å². The summed E-state index contributed by atoms with van der Waals surface area (Å²) >= 11 is 3.48. The van der Waals surface area contributed by atoms with Gasteiger partial charge in [0.2, 0.25) is 5.91 Å². The predicted octanol–water partition coefficient (Wildman–Crippen LogP) is 3.67. The highest BCUT2D eigenvalue weighted by Gasteiger charge is 2.49. The molecule has 1 saturated heterocycles. The van der Waals surface area contributed by atoms with Crippen LogP contribution in [-0.2, 0) is 14.9 Å². The lowest BCUT2D eigenvalue weighted by Gasteiger charge is -2.38. The molecule has 0 unspecified atom stereocenters. The number of anilines is 1. The minimum atomic E-state index is -0.530. The van der Waals surface area contributed by atoms with Crippen molar-refractivity contribution in [1.29, 1.82) is 0 Å². The quantitative estimate of drug-likeness (QED) is 0.746. The number of likely N-dealkylation sites (tertiary alicyclic amines) is 1. The topological polar surface area (TPSA) is 58.6 Å². The number of nitrogens with one attached hydrogen (secondary N) is 1. The summed E-state index contributed by atoms with van der Waals surface area (Å²) in [6.45, 7) is 6.61. The number of rotatable bonds is 0. The van der Waals surface area contributed by atoms with Crippen molar-refractivity contribution >= 4 is 33.6 Å². The molecule has 0 aliphatic carbocycles. The highest BCUT2D eigenvalue weighted by Crippen LogP contribution is 2.45. The van der Waals surface area contributed by atoms with Gasteiger partial charge in [0.05, 0.1) is 5.41 Å². The average Bonchev–Trinajstić information content (AvgIpc) is 2.71. The smallest absolute Gasteiger partial charge is 0.410 e. The van der Waals surface area contributed by atoms with Gasteiger partial charge >= 0.3 is 6.09 Å². The molecule has 1 N–H and O–H groups in total. The number of hydrogen-bond acceptors (Lipinski definition) is 3. The molecule has 1 spiro atoms. The molecular weight excluding hydrogens is 360 g/mol. The van der Waals surface area contributed by atoms with Crippen molar-refractivity contribution in [1.82, 2.24) is 4.90 Å². The zero-order valence-electron chi connectivity index (χ0n) is 13.6. The third-order valence-corrected chi connectivity index (χ3v) is 4.94. The van der Waals surface area contributed by atoms with Gasteiger partial charge < -0.3 is 15.0 Å². The maximum absolute atomic E-state index is 12.6. The summed E-state index contributed by atoms with van der Waals surface area (Å²) in [5.41, 5.74) is 0.871. The van der Waals surface area contributed by atoms with Crippen molar-refractivity contribution in [2.75, 3.05) is 18.4 Å². The van der Waals surface area contributed by atoms with Crippen LogP contribution in [0.2, 0.25) is 0 Å². The summed E-state index contributed by atoms with van der Waals surface area (Å²) in [5.74, 6) is 0.0365. The van der Waals surface area contributed by atoms with E-state index in [1.807, 2.05) is 39.0 Å². The lowest BCUT2D eigenvalue weighted by molar-refractivity contribution is -0.122. The van der Waals surface area contributed by atoms with Crippen LogP contribution in [0.4, 0.5) is 10.5 Å². The zero-order valence-corrected chi connectivity index (χ0v) is 15.2. The Morgan fingerprint density at radius 3 is 2.57 bits per heavy atom. The molecule has 0 bridgehead atoms. The van der Waals surface area contributed by atoms with E-state index >= 15 is 0 Å². The highest BCUT2D eigenvalue weighted by molar-refractivity contribution is 9.10. The standard InChI is InChI=1S/C17H21BrN2O3/c1-16(2,3)23-15(22)20-8-6-17(7-9-20)12-10-11(18)4-5-13(12)19-14(17)21/h4-5,10H,6-9H2,1-3H3,(H,19,21). The third kappa shape index (κ3) is 2.96. The molecule has 1 aromatic rings. The molecule has 2 aliphatic heterocycles. The second-order valence-electron chi connectivity index (χ2n) is 7.19. The van der Waals surface area contributed by atoms with Crippen LogP contribution >= 0.6 is 15.9 Å². The van der Waals surface area contributed by atoms with Gasteiger partial charge in [-0.25, -0.2) is 4.79 Å². The van der Waals surface area contributed by atoms with Crippen molar-refractivity contribution in [2.45, 2.75) is 44.6 Å². The molecule has 3 rings (SSSR count). The van der Waals surface area contributed by atoms with E-state index in [2.05, 4.69) is 21.2 Å². The fraction of sp³-hybridized carbons (Fsp3) is 0.529. The van der Waals surface area contributed by atoms with Gasteiger partial charge in [0.15, 0.2) is 0 Å². The van der Waals surface area contributed by atoms with Crippen LogP contribution in [0.5, 0.6) is 0 Å². The minimum Gasteiger partial charge on any atom is -0.444 e. The van der Waals surface area contributed by atoms with Crippen LogP contribution in [0.3, 0.4) is 0 Å².